The first-order chi connectivity index (χ1) is 11.6. The zero-order valence-electron chi connectivity index (χ0n) is 12.9. The number of rotatable bonds is 3. The Labute approximate surface area is 141 Å². The number of nitrogens with one attached hydrogen (secondary N) is 1. The van der Waals surface area contributed by atoms with Crippen molar-refractivity contribution >= 4 is 38.4 Å². The molecule has 24 heavy (non-hydrogen) atoms. The molecule has 0 aliphatic rings. The summed E-state index contributed by atoms with van der Waals surface area (Å²) in [5, 5.41) is 0.803. The highest BCUT2D eigenvalue weighted by Gasteiger charge is 2.14. The van der Waals surface area contributed by atoms with Gasteiger partial charge in [0.1, 0.15) is 5.82 Å². The maximum Gasteiger partial charge on any atom is 0.253 e. The second-order valence-electron chi connectivity index (χ2n) is 5.72. The van der Waals surface area contributed by atoms with Crippen LogP contribution in [0.4, 0.5) is 4.39 Å². The van der Waals surface area contributed by atoms with Crippen LogP contribution < -0.4 is 0 Å². The lowest BCUT2D eigenvalue weighted by atomic mass is 10.2. The maximum atomic E-state index is 13.3. The largest absolute Gasteiger partial charge is 0.357 e. The quantitative estimate of drug-likeness (QED) is 0.608. The Kier molecular flexibility index (Phi) is 3.54. The second-order valence-corrected chi connectivity index (χ2v) is 6.61. The molecule has 6 heteroatoms. The molecule has 4 nitrogen and oxygen atoms in total. The van der Waals surface area contributed by atoms with Gasteiger partial charge in [-0.25, -0.2) is 9.37 Å². The highest BCUT2D eigenvalue weighted by Crippen LogP contribution is 2.21. The van der Waals surface area contributed by atoms with Crippen LogP contribution in [0.3, 0.4) is 0 Å². The van der Waals surface area contributed by atoms with Gasteiger partial charge in [0, 0.05) is 29.2 Å². The molecule has 2 aromatic heterocycles. The summed E-state index contributed by atoms with van der Waals surface area (Å²) < 4.78 is 14.3. The van der Waals surface area contributed by atoms with Gasteiger partial charge in [0.2, 0.25) is 0 Å². The van der Waals surface area contributed by atoms with Gasteiger partial charge in [-0.3, -0.25) is 4.79 Å². The summed E-state index contributed by atoms with van der Waals surface area (Å²) in [5.41, 5.74) is 5.03. The Balaban J connectivity index is 1.57. The van der Waals surface area contributed by atoms with Crippen LogP contribution in [-0.2, 0) is 6.54 Å². The molecule has 0 aliphatic carbocycles. The molecular weight excluding hydrogens is 325 g/mol. The van der Waals surface area contributed by atoms with E-state index in [4.69, 9.17) is 0 Å². The Morgan fingerprint density at radius 2 is 2.12 bits per heavy atom. The summed E-state index contributed by atoms with van der Waals surface area (Å²) in [4.78, 5) is 21.7. The second kappa shape index (κ2) is 5.72. The number of fused-ring (bicyclic) bond motifs is 2. The summed E-state index contributed by atoms with van der Waals surface area (Å²) in [6.45, 7) is 0.426. The Hall–Kier alpha value is -2.73. The van der Waals surface area contributed by atoms with Crippen molar-refractivity contribution < 1.29 is 9.18 Å². The van der Waals surface area contributed by atoms with Crippen molar-refractivity contribution in [3.05, 3.63) is 65.0 Å². The summed E-state index contributed by atoms with van der Waals surface area (Å²) in [6, 6.07) is 12.0. The van der Waals surface area contributed by atoms with Crippen LogP contribution in [0.2, 0.25) is 0 Å². The molecule has 0 aliphatic heterocycles. The van der Waals surface area contributed by atoms with Crippen molar-refractivity contribution in [1.29, 1.82) is 0 Å². The van der Waals surface area contributed by atoms with Crippen LogP contribution in [0.15, 0.2) is 48.0 Å². The number of carbonyl (C=O) groups excluding carboxylic acids is 1. The number of aromatic nitrogens is 2. The van der Waals surface area contributed by atoms with Gasteiger partial charge in [0.15, 0.2) is 0 Å². The third-order valence-electron chi connectivity index (χ3n) is 3.97. The van der Waals surface area contributed by atoms with Gasteiger partial charge in [0.05, 0.1) is 22.3 Å². The van der Waals surface area contributed by atoms with E-state index < -0.39 is 0 Å². The van der Waals surface area contributed by atoms with Crippen LogP contribution in [0.1, 0.15) is 16.1 Å². The van der Waals surface area contributed by atoms with Gasteiger partial charge in [-0.1, -0.05) is 0 Å². The van der Waals surface area contributed by atoms with Crippen molar-refractivity contribution in [3.8, 4) is 0 Å². The molecule has 2 aromatic carbocycles. The number of hydrogen-bond acceptors (Lipinski definition) is 3. The SMILES string of the molecule is CN(Cc1cc2cc(F)ccc2[nH]1)C(=O)c1ccc2ncsc2c1. The first-order valence-corrected chi connectivity index (χ1v) is 8.34. The van der Waals surface area contributed by atoms with Crippen molar-refractivity contribution in [2.24, 2.45) is 0 Å². The number of amides is 1. The Morgan fingerprint density at radius 3 is 3.00 bits per heavy atom. The first-order valence-electron chi connectivity index (χ1n) is 7.46. The maximum absolute atomic E-state index is 13.3. The number of nitrogens with zero attached hydrogens (tertiary/aromatic N) is 2. The monoisotopic (exact) mass is 339 g/mol. The number of carbonyl (C=O) groups is 1. The lowest BCUT2D eigenvalue weighted by molar-refractivity contribution is 0.0784. The minimum atomic E-state index is -0.268. The zero-order valence-corrected chi connectivity index (χ0v) is 13.7. The number of aromatic amines is 1. The van der Waals surface area contributed by atoms with Crippen molar-refractivity contribution in [2.45, 2.75) is 6.54 Å². The van der Waals surface area contributed by atoms with Gasteiger partial charge in [-0.2, -0.15) is 0 Å². The van der Waals surface area contributed by atoms with E-state index in [-0.39, 0.29) is 11.7 Å². The molecule has 0 atom stereocenters. The number of halogens is 1. The zero-order chi connectivity index (χ0) is 16.7. The fraction of sp³-hybridized carbons (Fsp3) is 0.111. The number of thiazole rings is 1. The molecule has 0 saturated heterocycles. The molecule has 2 heterocycles. The van der Waals surface area contributed by atoms with Crippen LogP contribution in [-0.4, -0.2) is 27.8 Å². The lowest BCUT2D eigenvalue weighted by Crippen LogP contribution is -2.26. The van der Waals surface area contributed by atoms with Gasteiger partial charge in [0.25, 0.3) is 5.91 Å². The number of benzene rings is 2. The first kappa shape index (κ1) is 14.8. The third kappa shape index (κ3) is 2.65. The average Bonchev–Trinajstić information content (AvgIpc) is 3.18. The lowest BCUT2D eigenvalue weighted by Gasteiger charge is -2.16. The third-order valence-corrected chi connectivity index (χ3v) is 4.76. The van der Waals surface area contributed by atoms with Gasteiger partial charge < -0.3 is 9.88 Å². The van der Waals surface area contributed by atoms with Crippen molar-refractivity contribution in [3.63, 3.8) is 0 Å². The smallest absolute Gasteiger partial charge is 0.253 e. The van der Waals surface area contributed by atoms with Gasteiger partial charge in [-0.15, -0.1) is 11.3 Å². The molecule has 1 amide bonds. The fourth-order valence-electron chi connectivity index (χ4n) is 2.78. The molecule has 0 radical (unpaired) electrons. The molecule has 0 saturated carbocycles. The minimum Gasteiger partial charge on any atom is -0.357 e. The van der Waals surface area contributed by atoms with Crippen LogP contribution in [0, 0.1) is 5.82 Å². The topological polar surface area (TPSA) is 49.0 Å². The Bertz CT molecular complexity index is 1050. The highest BCUT2D eigenvalue weighted by molar-refractivity contribution is 7.16. The summed E-state index contributed by atoms with van der Waals surface area (Å²) in [6.07, 6.45) is 0. The van der Waals surface area contributed by atoms with Crippen molar-refractivity contribution in [2.75, 3.05) is 7.05 Å². The minimum absolute atomic E-state index is 0.0601. The summed E-state index contributed by atoms with van der Waals surface area (Å²) in [5.74, 6) is -0.328. The molecule has 0 unspecified atom stereocenters. The standard InChI is InChI=1S/C18H14FN3OS/c1-22(9-14-7-12-6-13(19)3-5-15(12)21-14)18(23)11-2-4-16-17(8-11)24-10-20-16/h2-8,10,21H,9H2,1H3. The summed E-state index contributed by atoms with van der Waals surface area (Å²) in [7, 11) is 1.76. The van der Waals surface area contributed by atoms with Crippen LogP contribution in [0.25, 0.3) is 21.1 Å². The van der Waals surface area contributed by atoms with Crippen LogP contribution >= 0.6 is 11.3 Å². The van der Waals surface area contributed by atoms with E-state index in [2.05, 4.69) is 9.97 Å². The molecule has 120 valence electrons. The molecule has 0 spiro atoms. The van der Waals surface area contributed by atoms with E-state index in [1.165, 1.54) is 23.5 Å². The van der Waals surface area contributed by atoms with E-state index in [0.717, 1.165) is 26.8 Å². The Morgan fingerprint density at radius 1 is 1.25 bits per heavy atom. The van der Waals surface area contributed by atoms with E-state index >= 15 is 0 Å². The van der Waals surface area contributed by atoms with Crippen LogP contribution in [0.5, 0.6) is 0 Å². The van der Waals surface area contributed by atoms with E-state index in [1.807, 2.05) is 18.2 Å². The molecule has 4 rings (SSSR count). The van der Waals surface area contributed by atoms with E-state index in [1.54, 1.807) is 29.6 Å². The van der Waals surface area contributed by atoms with Gasteiger partial charge >= 0.3 is 0 Å². The molecule has 0 bridgehead atoms. The predicted molar refractivity (Wildman–Crippen MR) is 93.7 cm³/mol. The highest BCUT2D eigenvalue weighted by atomic mass is 32.1. The van der Waals surface area contributed by atoms with Crippen molar-refractivity contribution in [1.82, 2.24) is 14.9 Å². The average molecular weight is 339 g/mol. The van der Waals surface area contributed by atoms with E-state index in [0.29, 0.717) is 12.1 Å². The molecule has 4 aromatic rings. The van der Waals surface area contributed by atoms with E-state index in [9.17, 15) is 9.18 Å². The number of hydrogen-bond donors (Lipinski definition) is 1. The normalized spacial score (nSPS) is 11.2. The van der Waals surface area contributed by atoms with Gasteiger partial charge in [-0.05, 0) is 42.5 Å². The predicted octanol–water partition coefficient (Wildman–Crippen LogP) is 4.19. The summed E-state index contributed by atoms with van der Waals surface area (Å²) >= 11 is 1.52. The molecule has 0 fully saturated rings. The number of H-pyrrole nitrogens is 1. The fourth-order valence-corrected chi connectivity index (χ4v) is 3.50. The molecular formula is C18H14FN3OS. The molecule has 1 N–H and O–H groups in total.